The number of hydrogen-bond acceptors (Lipinski definition) is 5. The van der Waals surface area contributed by atoms with Gasteiger partial charge in [-0.05, 0) is 12.1 Å². The second-order valence-corrected chi connectivity index (χ2v) is 3.80. The van der Waals surface area contributed by atoms with Crippen molar-refractivity contribution >= 4 is 23.3 Å². The zero-order chi connectivity index (χ0) is 17.1. The maximum absolute atomic E-state index is 12.5. The van der Waals surface area contributed by atoms with Crippen molar-refractivity contribution in [1.82, 2.24) is 0 Å². The summed E-state index contributed by atoms with van der Waals surface area (Å²) in [6, 6.07) is 1.47. The smallest absolute Gasteiger partial charge is 0.416 e. The second kappa shape index (κ2) is 6.11. The Morgan fingerprint density at radius 2 is 1.77 bits per heavy atom. The molecule has 0 unspecified atom stereocenters. The summed E-state index contributed by atoms with van der Waals surface area (Å²) in [5.74, 6) is -3.65. The van der Waals surface area contributed by atoms with Crippen LogP contribution in [0.2, 0.25) is 0 Å². The lowest BCUT2D eigenvalue weighted by atomic mass is 10.1. The third-order valence-electron chi connectivity index (χ3n) is 2.35. The summed E-state index contributed by atoms with van der Waals surface area (Å²) in [7, 11) is 0. The molecule has 0 saturated heterocycles. The zero-order valence-corrected chi connectivity index (χ0v) is 10.4. The number of alkyl halides is 3. The lowest BCUT2D eigenvalue weighted by Gasteiger charge is -2.08. The molecule has 0 aliphatic rings. The van der Waals surface area contributed by atoms with Gasteiger partial charge in [-0.1, -0.05) is 0 Å². The average molecular weight is 320 g/mol. The summed E-state index contributed by atoms with van der Waals surface area (Å²) in [5, 5.41) is 29.9. The first kappa shape index (κ1) is 16.9. The van der Waals surface area contributed by atoms with Crippen LogP contribution in [-0.2, 0) is 15.8 Å². The van der Waals surface area contributed by atoms with Crippen molar-refractivity contribution in [3.05, 3.63) is 45.6 Å². The van der Waals surface area contributed by atoms with Gasteiger partial charge in [0, 0.05) is 12.3 Å². The van der Waals surface area contributed by atoms with Crippen molar-refractivity contribution in [2.45, 2.75) is 6.18 Å². The molecule has 3 N–H and O–H groups in total. The molecule has 0 aliphatic heterocycles. The van der Waals surface area contributed by atoms with Crippen LogP contribution in [0.25, 0.3) is 0 Å². The predicted molar refractivity (Wildman–Crippen MR) is 65.1 cm³/mol. The van der Waals surface area contributed by atoms with E-state index in [1.807, 2.05) is 5.32 Å². The first-order valence-electron chi connectivity index (χ1n) is 5.33. The Morgan fingerprint density at radius 1 is 1.23 bits per heavy atom. The van der Waals surface area contributed by atoms with Gasteiger partial charge in [-0.3, -0.25) is 10.1 Å². The molecule has 11 heteroatoms. The molecular weight excluding hydrogens is 313 g/mol. The standard InChI is InChI=1S/C11H7F3N2O6/c12-11(13,14)5-1-2-7(8(3-5)16(21)22)15-4-6(9(17)18)10(19)20/h1-4,15H,(H,17,18)(H,19,20). The molecule has 0 saturated carbocycles. The Balaban J connectivity index is 3.26. The van der Waals surface area contributed by atoms with E-state index in [0.717, 1.165) is 0 Å². The van der Waals surface area contributed by atoms with E-state index in [0.29, 0.717) is 18.3 Å². The summed E-state index contributed by atoms with van der Waals surface area (Å²) >= 11 is 0. The summed E-state index contributed by atoms with van der Waals surface area (Å²) in [5.41, 5.74) is -3.89. The van der Waals surface area contributed by atoms with Crippen molar-refractivity contribution in [2.75, 3.05) is 5.32 Å². The highest BCUT2D eigenvalue weighted by molar-refractivity contribution is 6.12. The Morgan fingerprint density at radius 3 is 2.18 bits per heavy atom. The van der Waals surface area contributed by atoms with Crippen molar-refractivity contribution in [1.29, 1.82) is 0 Å². The number of rotatable bonds is 5. The fourth-order valence-electron chi connectivity index (χ4n) is 1.35. The number of anilines is 1. The molecule has 0 bridgehead atoms. The number of carbonyl (C=O) groups is 2. The number of nitro groups is 1. The lowest BCUT2D eigenvalue weighted by Crippen LogP contribution is -2.13. The van der Waals surface area contributed by atoms with Gasteiger partial charge < -0.3 is 15.5 Å². The monoisotopic (exact) mass is 320 g/mol. The number of nitrogens with zero attached hydrogens (tertiary/aromatic N) is 1. The Bertz CT molecular complexity index is 652. The van der Waals surface area contributed by atoms with E-state index in [4.69, 9.17) is 10.2 Å². The first-order valence-corrected chi connectivity index (χ1v) is 5.33. The highest BCUT2D eigenvalue weighted by Crippen LogP contribution is 2.34. The van der Waals surface area contributed by atoms with Crippen LogP contribution in [0.4, 0.5) is 24.5 Å². The molecule has 8 nitrogen and oxygen atoms in total. The molecule has 0 aromatic heterocycles. The van der Waals surface area contributed by atoms with Crippen LogP contribution < -0.4 is 5.32 Å². The average Bonchev–Trinajstić information content (AvgIpc) is 2.36. The number of halogens is 3. The van der Waals surface area contributed by atoms with Gasteiger partial charge in [0.15, 0.2) is 5.57 Å². The van der Waals surface area contributed by atoms with E-state index >= 15 is 0 Å². The van der Waals surface area contributed by atoms with Crippen molar-refractivity contribution < 1.29 is 37.9 Å². The van der Waals surface area contributed by atoms with E-state index in [-0.39, 0.29) is 6.07 Å². The van der Waals surface area contributed by atoms with Crippen LogP contribution in [0, 0.1) is 10.1 Å². The minimum Gasteiger partial charge on any atom is -0.477 e. The number of carboxylic acid groups (broad SMARTS) is 2. The van der Waals surface area contributed by atoms with Crippen LogP contribution in [0.5, 0.6) is 0 Å². The molecular formula is C11H7F3N2O6. The number of carboxylic acids is 2. The molecule has 0 radical (unpaired) electrons. The second-order valence-electron chi connectivity index (χ2n) is 3.80. The van der Waals surface area contributed by atoms with Gasteiger partial charge in [0.1, 0.15) is 5.69 Å². The lowest BCUT2D eigenvalue weighted by molar-refractivity contribution is -0.384. The highest BCUT2D eigenvalue weighted by atomic mass is 19.4. The maximum Gasteiger partial charge on any atom is 0.416 e. The topological polar surface area (TPSA) is 130 Å². The SMILES string of the molecule is O=C(O)C(=CNc1ccc(C(F)(F)F)cc1[N+](=O)[O-])C(=O)O. The van der Waals surface area contributed by atoms with Crippen molar-refractivity contribution in [3.63, 3.8) is 0 Å². The van der Waals surface area contributed by atoms with Crippen LogP contribution in [0.3, 0.4) is 0 Å². The zero-order valence-electron chi connectivity index (χ0n) is 10.4. The number of nitrogens with one attached hydrogen (secondary N) is 1. The molecule has 0 atom stereocenters. The number of nitro benzene ring substituents is 1. The molecule has 22 heavy (non-hydrogen) atoms. The van der Waals surface area contributed by atoms with Crippen molar-refractivity contribution in [3.8, 4) is 0 Å². The normalized spacial score (nSPS) is 10.7. The highest BCUT2D eigenvalue weighted by Gasteiger charge is 2.33. The summed E-state index contributed by atoms with van der Waals surface area (Å²) < 4.78 is 37.4. The van der Waals surface area contributed by atoms with E-state index in [1.165, 1.54) is 0 Å². The van der Waals surface area contributed by atoms with E-state index in [9.17, 15) is 32.9 Å². The minimum atomic E-state index is -4.80. The third kappa shape index (κ3) is 3.94. The van der Waals surface area contributed by atoms with Gasteiger partial charge in [0.2, 0.25) is 0 Å². The number of hydrogen-bond donors (Lipinski definition) is 3. The quantitative estimate of drug-likeness (QED) is 0.249. The van der Waals surface area contributed by atoms with Crippen LogP contribution >= 0.6 is 0 Å². The molecule has 0 aliphatic carbocycles. The molecule has 0 heterocycles. The molecule has 1 aromatic carbocycles. The van der Waals surface area contributed by atoms with Crippen LogP contribution in [0.15, 0.2) is 30.0 Å². The number of benzene rings is 1. The van der Waals surface area contributed by atoms with Crippen LogP contribution in [-0.4, -0.2) is 27.1 Å². The summed E-state index contributed by atoms with van der Waals surface area (Å²) in [6.45, 7) is 0. The fourth-order valence-corrected chi connectivity index (χ4v) is 1.35. The summed E-state index contributed by atoms with van der Waals surface area (Å²) in [6.07, 6.45) is -4.37. The van der Waals surface area contributed by atoms with Gasteiger partial charge >= 0.3 is 18.1 Å². The minimum absolute atomic E-state index is 0.247. The van der Waals surface area contributed by atoms with E-state index in [2.05, 4.69) is 0 Å². The van der Waals surface area contributed by atoms with E-state index in [1.54, 1.807) is 0 Å². The molecule has 1 rings (SSSR count). The molecule has 0 spiro atoms. The van der Waals surface area contributed by atoms with Gasteiger partial charge in [0.25, 0.3) is 5.69 Å². The Labute approximate surface area is 119 Å². The van der Waals surface area contributed by atoms with E-state index < -0.39 is 45.5 Å². The largest absolute Gasteiger partial charge is 0.477 e. The third-order valence-corrected chi connectivity index (χ3v) is 2.35. The van der Waals surface area contributed by atoms with Gasteiger partial charge in [-0.25, -0.2) is 9.59 Å². The maximum atomic E-state index is 12.5. The molecule has 0 amide bonds. The molecule has 118 valence electrons. The first-order chi connectivity index (χ1) is 10.0. The fraction of sp³-hybridized carbons (Fsp3) is 0.0909. The molecule has 1 aromatic rings. The predicted octanol–water partition coefficient (Wildman–Crippen LogP) is 2.08. The van der Waals surface area contributed by atoms with Gasteiger partial charge in [0.05, 0.1) is 10.5 Å². The van der Waals surface area contributed by atoms with Crippen molar-refractivity contribution in [2.24, 2.45) is 0 Å². The van der Waals surface area contributed by atoms with Gasteiger partial charge in [-0.15, -0.1) is 0 Å². The van der Waals surface area contributed by atoms with Gasteiger partial charge in [-0.2, -0.15) is 13.2 Å². The number of aliphatic carboxylic acids is 2. The summed E-state index contributed by atoms with van der Waals surface area (Å²) in [4.78, 5) is 30.8. The molecule has 0 fully saturated rings. The van der Waals surface area contributed by atoms with Crippen LogP contribution in [0.1, 0.15) is 5.56 Å². The Hall–Kier alpha value is -3.11. The Kier molecular flexibility index (Phi) is 4.71.